The summed E-state index contributed by atoms with van der Waals surface area (Å²) in [6, 6.07) is 5.88. The van der Waals surface area contributed by atoms with Gasteiger partial charge in [-0.3, -0.25) is 4.79 Å². The maximum atomic E-state index is 11.7. The van der Waals surface area contributed by atoms with Crippen LogP contribution in [0.25, 0.3) is 11.1 Å². The smallest absolute Gasteiger partial charge is 0.249 e. The summed E-state index contributed by atoms with van der Waals surface area (Å²) in [4.78, 5) is 15.9. The van der Waals surface area contributed by atoms with Crippen LogP contribution in [0, 0.1) is 0 Å². The van der Waals surface area contributed by atoms with Crippen LogP contribution in [0.15, 0.2) is 29.0 Å². The highest BCUT2D eigenvalue weighted by Gasteiger charge is 2.22. The Morgan fingerprint density at radius 3 is 3.26 bits per heavy atom. The largest absolute Gasteiger partial charge is 0.443 e. The highest BCUT2D eigenvalue weighted by atomic mass is 16.5. The minimum atomic E-state index is -0.252. The van der Waals surface area contributed by atoms with Gasteiger partial charge >= 0.3 is 0 Å². The lowest BCUT2D eigenvalue weighted by Crippen LogP contribution is -2.35. The third-order valence-corrected chi connectivity index (χ3v) is 3.33. The van der Waals surface area contributed by atoms with Crippen LogP contribution in [-0.4, -0.2) is 30.1 Å². The number of amides is 1. The van der Waals surface area contributed by atoms with Gasteiger partial charge in [0.2, 0.25) is 5.91 Å². The Kier molecular flexibility index (Phi) is 3.46. The summed E-state index contributed by atoms with van der Waals surface area (Å²) in [7, 11) is 0. The predicted molar refractivity (Wildman–Crippen MR) is 69.7 cm³/mol. The standard InChI is InChI=1S/C14H16N2O3/c17-14(13-2-1-7-18-13)15-6-5-10-3-4-12-11(8-10)16-9-19-12/h3-4,8-9,13H,1-2,5-7H2,(H,15,17). The fourth-order valence-electron chi connectivity index (χ4n) is 2.29. The van der Waals surface area contributed by atoms with Gasteiger partial charge in [0.1, 0.15) is 11.6 Å². The van der Waals surface area contributed by atoms with E-state index in [1.165, 1.54) is 6.39 Å². The number of nitrogens with zero attached hydrogens (tertiary/aromatic N) is 1. The molecule has 19 heavy (non-hydrogen) atoms. The van der Waals surface area contributed by atoms with E-state index < -0.39 is 0 Å². The van der Waals surface area contributed by atoms with Gasteiger partial charge in [0.05, 0.1) is 0 Å². The Hall–Kier alpha value is -1.88. The first-order chi connectivity index (χ1) is 9.33. The van der Waals surface area contributed by atoms with Gasteiger partial charge in [-0.05, 0) is 37.0 Å². The zero-order valence-electron chi connectivity index (χ0n) is 10.6. The van der Waals surface area contributed by atoms with Crippen molar-refractivity contribution in [1.82, 2.24) is 10.3 Å². The molecule has 0 radical (unpaired) electrons. The second-order valence-corrected chi connectivity index (χ2v) is 4.70. The van der Waals surface area contributed by atoms with Crippen LogP contribution in [0.5, 0.6) is 0 Å². The minimum Gasteiger partial charge on any atom is -0.443 e. The molecule has 1 aliphatic heterocycles. The number of aromatic nitrogens is 1. The van der Waals surface area contributed by atoms with Crippen molar-refractivity contribution < 1.29 is 13.9 Å². The van der Waals surface area contributed by atoms with Crippen LogP contribution in [0.1, 0.15) is 18.4 Å². The Balaban J connectivity index is 1.52. The van der Waals surface area contributed by atoms with Gasteiger partial charge < -0.3 is 14.5 Å². The summed E-state index contributed by atoms with van der Waals surface area (Å²) >= 11 is 0. The lowest BCUT2D eigenvalue weighted by Gasteiger charge is -2.10. The van der Waals surface area contributed by atoms with Gasteiger partial charge in [0, 0.05) is 13.2 Å². The van der Waals surface area contributed by atoms with Gasteiger partial charge in [-0.1, -0.05) is 6.07 Å². The van der Waals surface area contributed by atoms with Crippen molar-refractivity contribution in [3.8, 4) is 0 Å². The highest BCUT2D eigenvalue weighted by molar-refractivity contribution is 5.81. The van der Waals surface area contributed by atoms with E-state index in [9.17, 15) is 4.79 Å². The molecule has 1 atom stereocenters. The third-order valence-electron chi connectivity index (χ3n) is 3.33. The lowest BCUT2D eigenvalue weighted by molar-refractivity contribution is -0.129. The molecule has 2 aromatic rings. The second-order valence-electron chi connectivity index (χ2n) is 4.70. The van der Waals surface area contributed by atoms with E-state index in [1.54, 1.807) is 0 Å². The van der Waals surface area contributed by atoms with Gasteiger partial charge in [0.15, 0.2) is 12.0 Å². The summed E-state index contributed by atoms with van der Waals surface area (Å²) in [6.45, 7) is 1.31. The average Bonchev–Trinajstić information content (AvgIpc) is 3.09. The fourth-order valence-corrected chi connectivity index (χ4v) is 2.29. The van der Waals surface area contributed by atoms with E-state index in [0.717, 1.165) is 35.9 Å². The lowest BCUT2D eigenvalue weighted by atomic mass is 10.1. The van der Waals surface area contributed by atoms with E-state index in [2.05, 4.69) is 10.3 Å². The minimum absolute atomic E-state index is 0.0000131. The number of fused-ring (bicyclic) bond motifs is 1. The maximum Gasteiger partial charge on any atom is 0.249 e. The topological polar surface area (TPSA) is 64.4 Å². The second kappa shape index (κ2) is 5.40. The number of carbonyl (C=O) groups excluding carboxylic acids is 1. The number of hydrogen-bond acceptors (Lipinski definition) is 4. The van der Waals surface area contributed by atoms with Crippen LogP contribution < -0.4 is 5.32 Å². The molecule has 1 amide bonds. The molecule has 0 aliphatic carbocycles. The molecule has 1 aromatic heterocycles. The maximum absolute atomic E-state index is 11.7. The zero-order chi connectivity index (χ0) is 13.1. The summed E-state index contributed by atoms with van der Waals surface area (Å²) in [5.41, 5.74) is 2.77. The molecule has 5 nitrogen and oxygen atoms in total. The molecule has 100 valence electrons. The SMILES string of the molecule is O=C(NCCc1ccc2ocnc2c1)C1CCCO1. The van der Waals surface area contributed by atoms with E-state index in [-0.39, 0.29) is 12.0 Å². The van der Waals surface area contributed by atoms with E-state index in [1.807, 2.05) is 18.2 Å². The number of nitrogens with one attached hydrogen (secondary N) is 1. The van der Waals surface area contributed by atoms with Crippen molar-refractivity contribution in [1.29, 1.82) is 0 Å². The quantitative estimate of drug-likeness (QED) is 0.908. The van der Waals surface area contributed by atoms with Crippen LogP contribution in [-0.2, 0) is 16.0 Å². The monoisotopic (exact) mass is 260 g/mol. The molecule has 1 aromatic carbocycles. The van der Waals surface area contributed by atoms with Crippen molar-refractivity contribution >= 4 is 17.0 Å². The van der Waals surface area contributed by atoms with Crippen molar-refractivity contribution in [3.05, 3.63) is 30.2 Å². The summed E-state index contributed by atoms with van der Waals surface area (Å²) in [6.07, 6.45) is 3.77. The van der Waals surface area contributed by atoms with Crippen LogP contribution >= 0.6 is 0 Å². The molecule has 0 spiro atoms. The Bertz CT molecular complexity index is 573. The van der Waals surface area contributed by atoms with E-state index in [4.69, 9.17) is 9.15 Å². The van der Waals surface area contributed by atoms with Gasteiger partial charge in [0.25, 0.3) is 0 Å². The van der Waals surface area contributed by atoms with Gasteiger partial charge in [-0.2, -0.15) is 0 Å². The number of benzene rings is 1. The van der Waals surface area contributed by atoms with Crippen LogP contribution in [0.3, 0.4) is 0 Å². The highest BCUT2D eigenvalue weighted by Crippen LogP contribution is 2.14. The van der Waals surface area contributed by atoms with E-state index in [0.29, 0.717) is 13.2 Å². The molecule has 3 rings (SSSR count). The molecule has 2 heterocycles. The molecule has 0 saturated carbocycles. The molecule has 1 aliphatic rings. The first-order valence-electron chi connectivity index (χ1n) is 6.54. The van der Waals surface area contributed by atoms with Crippen molar-refractivity contribution in [2.75, 3.05) is 13.2 Å². The molecular formula is C14H16N2O3. The van der Waals surface area contributed by atoms with Crippen LogP contribution in [0.2, 0.25) is 0 Å². The molecule has 1 saturated heterocycles. The third kappa shape index (κ3) is 2.76. The van der Waals surface area contributed by atoms with Crippen molar-refractivity contribution in [2.45, 2.75) is 25.4 Å². The van der Waals surface area contributed by atoms with Gasteiger partial charge in [-0.25, -0.2) is 4.98 Å². The molecule has 1 unspecified atom stereocenters. The number of rotatable bonds is 4. The number of ether oxygens (including phenoxy) is 1. The predicted octanol–water partition coefficient (Wildman–Crippen LogP) is 1.67. The zero-order valence-corrected chi connectivity index (χ0v) is 10.6. The molecule has 1 fully saturated rings. The van der Waals surface area contributed by atoms with Crippen LogP contribution in [0.4, 0.5) is 0 Å². The normalized spacial score (nSPS) is 18.8. The average molecular weight is 260 g/mol. The molecule has 0 bridgehead atoms. The first kappa shape index (κ1) is 12.2. The fraction of sp³-hybridized carbons (Fsp3) is 0.429. The van der Waals surface area contributed by atoms with E-state index >= 15 is 0 Å². The molecular weight excluding hydrogens is 244 g/mol. The summed E-state index contributed by atoms with van der Waals surface area (Å²) < 4.78 is 10.5. The summed E-state index contributed by atoms with van der Waals surface area (Å²) in [5.74, 6) is 0.0000131. The number of oxazole rings is 1. The number of carbonyl (C=O) groups is 1. The molecule has 5 heteroatoms. The van der Waals surface area contributed by atoms with Gasteiger partial charge in [-0.15, -0.1) is 0 Å². The first-order valence-corrected chi connectivity index (χ1v) is 6.54. The van der Waals surface area contributed by atoms with Crippen molar-refractivity contribution in [2.24, 2.45) is 0 Å². The Labute approximate surface area is 111 Å². The van der Waals surface area contributed by atoms with Crippen molar-refractivity contribution in [3.63, 3.8) is 0 Å². The molecule has 1 N–H and O–H groups in total. The Morgan fingerprint density at radius 1 is 1.47 bits per heavy atom. The Morgan fingerprint density at radius 2 is 2.42 bits per heavy atom. The summed E-state index contributed by atoms with van der Waals surface area (Å²) in [5, 5.41) is 2.91. The number of hydrogen-bond donors (Lipinski definition) is 1.